The van der Waals surface area contributed by atoms with Crippen LogP contribution >= 0.6 is 0 Å². The predicted molar refractivity (Wildman–Crippen MR) is 98.7 cm³/mol. The molecule has 4 N–H and O–H groups in total. The van der Waals surface area contributed by atoms with E-state index in [-0.39, 0.29) is 22.9 Å². The van der Waals surface area contributed by atoms with Crippen molar-refractivity contribution in [1.29, 1.82) is 5.26 Å². The van der Waals surface area contributed by atoms with Gasteiger partial charge in [-0.05, 0) is 55.0 Å². The molecule has 0 spiro atoms. The second kappa shape index (κ2) is 7.03. The molecule has 2 aromatic carbocycles. The van der Waals surface area contributed by atoms with Crippen LogP contribution in [0.25, 0.3) is 22.4 Å². The molecular formula is C20H17N3O3. The van der Waals surface area contributed by atoms with Gasteiger partial charge in [-0.3, -0.25) is 0 Å². The first kappa shape index (κ1) is 17.1. The van der Waals surface area contributed by atoms with Crippen LogP contribution in [0.15, 0.2) is 48.5 Å². The number of nitrogens with two attached hydrogens (primary N) is 1. The van der Waals surface area contributed by atoms with Crippen LogP contribution in [0.3, 0.4) is 0 Å². The first-order valence-electron chi connectivity index (χ1n) is 7.99. The van der Waals surface area contributed by atoms with Crippen LogP contribution in [0.1, 0.15) is 12.5 Å². The molecule has 0 saturated carbocycles. The number of aromatic hydroxyl groups is 2. The summed E-state index contributed by atoms with van der Waals surface area (Å²) in [5.74, 6) is 0.341. The SMILES string of the molecule is CCOc1ccc(-c2cc(-c3ccc(O)c(O)c3)c(C#N)c(N)n2)cc1. The Kier molecular flexibility index (Phi) is 4.63. The van der Waals surface area contributed by atoms with Crippen molar-refractivity contribution >= 4 is 5.82 Å². The number of phenolic OH excluding ortho intramolecular Hbond substituents is 2. The van der Waals surface area contributed by atoms with E-state index >= 15 is 0 Å². The largest absolute Gasteiger partial charge is 0.504 e. The highest BCUT2D eigenvalue weighted by atomic mass is 16.5. The molecule has 0 aliphatic rings. The Bertz CT molecular complexity index is 992. The third-order valence-corrected chi connectivity index (χ3v) is 3.91. The van der Waals surface area contributed by atoms with Crippen LogP contribution < -0.4 is 10.5 Å². The van der Waals surface area contributed by atoms with Gasteiger partial charge in [-0.15, -0.1) is 0 Å². The summed E-state index contributed by atoms with van der Waals surface area (Å²) < 4.78 is 5.43. The summed E-state index contributed by atoms with van der Waals surface area (Å²) >= 11 is 0. The first-order valence-corrected chi connectivity index (χ1v) is 7.99. The Hall–Kier alpha value is -3.72. The molecule has 3 rings (SSSR count). The van der Waals surface area contributed by atoms with Gasteiger partial charge in [0.25, 0.3) is 0 Å². The normalized spacial score (nSPS) is 10.3. The number of nitrogen functional groups attached to an aromatic ring is 1. The zero-order valence-electron chi connectivity index (χ0n) is 14.1. The van der Waals surface area contributed by atoms with E-state index in [9.17, 15) is 15.5 Å². The molecule has 3 aromatic rings. The summed E-state index contributed by atoms with van der Waals surface area (Å²) in [6.07, 6.45) is 0. The molecule has 0 radical (unpaired) electrons. The zero-order valence-corrected chi connectivity index (χ0v) is 14.1. The highest BCUT2D eigenvalue weighted by Gasteiger charge is 2.15. The first-order chi connectivity index (χ1) is 12.5. The molecular weight excluding hydrogens is 330 g/mol. The number of hydrogen-bond donors (Lipinski definition) is 3. The number of ether oxygens (including phenoxy) is 1. The van der Waals surface area contributed by atoms with Crippen molar-refractivity contribution in [2.45, 2.75) is 6.92 Å². The van der Waals surface area contributed by atoms with Crippen LogP contribution in [0.4, 0.5) is 5.82 Å². The summed E-state index contributed by atoms with van der Waals surface area (Å²) in [6, 6.07) is 15.5. The van der Waals surface area contributed by atoms with E-state index < -0.39 is 0 Å². The Morgan fingerprint density at radius 2 is 1.73 bits per heavy atom. The highest BCUT2D eigenvalue weighted by Crippen LogP contribution is 2.35. The quantitative estimate of drug-likeness (QED) is 0.621. The van der Waals surface area contributed by atoms with Gasteiger partial charge in [-0.25, -0.2) is 4.98 Å². The number of nitriles is 1. The van der Waals surface area contributed by atoms with Crippen LogP contribution in [0, 0.1) is 11.3 Å². The van der Waals surface area contributed by atoms with E-state index in [1.165, 1.54) is 12.1 Å². The Balaban J connectivity index is 2.12. The second-order valence-electron chi connectivity index (χ2n) is 5.59. The lowest BCUT2D eigenvalue weighted by atomic mass is 9.98. The fourth-order valence-electron chi connectivity index (χ4n) is 2.64. The van der Waals surface area contributed by atoms with E-state index in [0.29, 0.717) is 23.4 Å². The maximum Gasteiger partial charge on any atom is 0.158 e. The van der Waals surface area contributed by atoms with Gasteiger partial charge in [0.2, 0.25) is 0 Å². The van der Waals surface area contributed by atoms with Crippen molar-refractivity contribution in [3.8, 4) is 45.7 Å². The summed E-state index contributed by atoms with van der Waals surface area (Å²) in [7, 11) is 0. The monoisotopic (exact) mass is 347 g/mol. The lowest BCUT2D eigenvalue weighted by Gasteiger charge is -2.11. The van der Waals surface area contributed by atoms with Gasteiger partial charge in [0.05, 0.1) is 12.3 Å². The molecule has 26 heavy (non-hydrogen) atoms. The van der Waals surface area contributed by atoms with Gasteiger partial charge in [0.15, 0.2) is 11.5 Å². The van der Waals surface area contributed by atoms with E-state index in [1.54, 1.807) is 12.1 Å². The lowest BCUT2D eigenvalue weighted by Crippen LogP contribution is -2.00. The summed E-state index contributed by atoms with van der Waals surface area (Å²) in [5, 5.41) is 28.7. The Morgan fingerprint density at radius 3 is 2.35 bits per heavy atom. The van der Waals surface area contributed by atoms with Crippen molar-refractivity contribution in [2.75, 3.05) is 12.3 Å². The molecule has 0 unspecified atom stereocenters. The zero-order chi connectivity index (χ0) is 18.7. The van der Waals surface area contributed by atoms with Crippen molar-refractivity contribution in [3.05, 3.63) is 54.1 Å². The number of aromatic nitrogens is 1. The van der Waals surface area contributed by atoms with E-state index in [4.69, 9.17) is 10.5 Å². The fraction of sp³-hybridized carbons (Fsp3) is 0.100. The summed E-state index contributed by atoms with van der Waals surface area (Å²) in [5.41, 5.74) is 8.68. The smallest absolute Gasteiger partial charge is 0.158 e. The average Bonchev–Trinajstić information content (AvgIpc) is 2.64. The third kappa shape index (κ3) is 3.23. The number of anilines is 1. The molecule has 0 aliphatic carbocycles. The molecule has 130 valence electrons. The van der Waals surface area contributed by atoms with Crippen molar-refractivity contribution in [2.24, 2.45) is 0 Å². The lowest BCUT2D eigenvalue weighted by molar-refractivity contribution is 0.340. The minimum Gasteiger partial charge on any atom is -0.504 e. The molecule has 6 heteroatoms. The van der Waals surface area contributed by atoms with Gasteiger partial charge in [0, 0.05) is 11.1 Å². The van der Waals surface area contributed by atoms with Gasteiger partial charge >= 0.3 is 0 Å². The van der Waals surface area contributed by atoms with Crippen LogP contribution in [0.5, 0.6) is 17.2 Å². The molecule has 0 bridgehead atoms. The van der Waals surface area contributed by atoms with Crippen molar-refractivity contribution in [1.82, 2.24) is 4.98 Å². The van der Waals surface area contributed by atoms with Gasteiger partial charge in [-0.1, -0.05) is 6.07 Å². The molecule has 1 heterocycles. The molecule has 0 fully saturated rings. The topological polar surface area (TPSA) is 112 Å². The number of benzene rings is 2. The Labute approximate surface area is 150 Å². The van der Waals surface area contributed by atoms with Crippen molar-refractivity contribution < 1.29 is 14.9 Å². The number of rotatable bonds is 4. The second-order valence-corrected chi connectivity index (χ2v) is 5.59. The van der Waals surface area contributed by atoms with Crippen LogP contribution in [-0.4, -0.2) is 21.8 Å². The van der Waals surface area contributed by atoms with Crippen LogP contribution in [-0.2, 0) is 0 Å². The highest BCUT2D eigenvalue weighted by molar-refractivity contribution is 5.81. The Morgan fingerprint density at radius 1 is 1.04 bits per heavy atom. The number of hydrogen-bond acceptors (Lipinski definition) is 6. The predicted octanol–water partition coefficient (Wildman–Crippen LogP) is 3.68. The molecule has 0 saturated heterocycles. The number of phenols is 2. The van der Waals surface area contributed by atoms with E-state index in [2.05, 4.69) is 4.98 Å². The molecule has 0 amide bonds. The maximum absolute atomic E-state index is 9.77. The minimum absolute atomic E-state index is 0.0986. The van der Waals surface area contributed by atoms with E-state index in [0.717, 1.165) is 11.3 Å². The summed E-state index contributed by atoms with van der Waals surface area (Å²) in [4.78, 5) is 4.32. The van der Waals surface area contributed by atoms with E-state index in [1.807, 2.05) is 37.3 Å². The summed E-state index contributed by atoms with van der Waals surface area (Å²) in [6.45, 7) is 2.49. The maximum atomic E-state index is 9.77. The van der Waals surface area contributed by atoms with Crippen molar-refractivity contribution in [3.63, 3.8) is 0 Å². The molecule has 0 atom stereocenters. The standard InChI is InChI=1S/C20H17N3O3/c1-2-26-14-6-3-12(4-7-14)17-10-15(16(11-21)20(22)23-17)13-5-8-18(24)19(25)9-13/h3-10,24-25H,2H2,1H3,(H2,22,23). The minimum atomic E-state index is -0.274. The average molecular weight is 347 g/mol. The van der Waals surface area contributed by atoms with Gasteiger partial charge < -0.3 is 20.7 Å². The number of nitrogens with zero attached hydrogens (tertiary/aromatic N) is 2. The number of pyridine rings is 1. The molecule has 1 aromatic heterocycles. The molecule has 0 aliphatic heterocycles. The van der Waals surface area contributed by atoms with Gasteiger partial charge in [0.1, 0.15) is 23.2 Å². The molecule has 6 nitrogen and oxygen atoms in total. The third-order valence-electron chi connectivity index (χ3n) is 3.91. The van der Waals surface area contributed by atoms with Gasteiger partial charge in [-0.2, -0.15) is 5.26 Å². The fourth-order valence-corrected chi connectivity index (χ4v) is 2.64. The van der Waals surface area contributed by atoms with Crippen LogP contribution in [0.2, 0.25) is 0 Å².